The lowest BCUT2D eigenvalue weighted by Gasteiger charge is -2.34. The third-order valence-corrected chi connectivity index (χ3v) is 2.54. The summed E-state index contributed by atoms with van der Waals surface area (Å²) in [5.41, 5.74) is 5.27. The molecule has 0 saturated carbocycles. The van der Waals surface area contributed by atoms with Crippen molar-refractivity contribution < 1.29 is 22.6 Å². The van der Waals surface area contributed by atoms with Crippen LogP contribution in [0.4, 0.5) is 19.1 Å². The highest BCUT2D eigenvalue weighted by molar-refractivity contribution is 6.29. The molecular weight excluding hydrogens is 275 g/mol. The number of ether oxygens (including phenoxy) is 2. The molecule has 0 aliphatic carbocycles. The van der Waals surface area contributed by atoms with Gasteiger partial charge < -0.3 is 15.2 Å². The lowest BCUT2D eigenvalue weighted by molar-refractivity contribution is -0.239. The van der Waals surface area contributed by atoms with E-state index in [1.54, 1.807) is 0 Å². The summed E-state index contributed by atoms with van der Waals surface area (Å²) in [6, 6.07) is 1.08. The van der Waals surface area contributed by atoms with Gasteiger partial charge in [0, 0.05) is 6.07 Å². The number of hydrogen-bond donors (Lipinski definition) is 1. The molecule has 0 aromatic carbocycles. The number of rotatable bonds is 3. The Hall–Kier alpha value is -1.28. The highest BCUT2D eigenvalue weighted by atomic mass is 35.5. The largest absolute Gasteiger partial charge is 0.464 e. The summed E-state index contributed by atoms with van der Waals surface area (Å²) in [5.74, 6) is -1.30. The Bertz CT molecular complexity index is 419. The molecular formula is C9H9ClF3N3O2. The maximum Gasteiger partial charge on any atom is 0.425 e. The molecule has 1 fully saturated rings. The molecule has 1 aromatic rings. The minimum absolute atomic E-state index is 0.00151. The summed E-state index contributed by atoms with van der Waals surface area (Å²) < 4.78 is 47.9. The van der Waals surface area contributed by atoms with E-state index < -0.39 is 18.2 Å². The van der Waals surface area contributed by atoms with Gasteiger partial charge in [-0.05, 0) is 0 Å². The molecule has 1 unspecified atom stereocenters. The first-order chi connectivity index (χ1) is 8.36. The smallest absolute Gasteiger partial charge is 0.425 e. The summed E-state index contributed by atoms with van der Waals surface area (Å²) in [7, 11) is 0. The van der Waals surface area contributed by atoms with E-state index in [-0.39, 0.29) is 30.2 Å². The normalized spacial score (nSPS) is 18.2. The van der Waals surface area contributed by atoms with Crippen LogP contribution in [0.5, 0.6) is 5.88 Å². The van der Waals surface area contributed by atoms with Crippen LogP contribution >= 0.6 is 11.6 Å². The summed E-state index contributed by atoms with van der Waals surface area (Å²) in [4.78, 5) is 7.08. The van der Waals surface area contributed by atoms with Gasteiger partial charge in [0.2, 0.25) is 17.9 Å². The van der Waals surface area contributed by atoms with Crippen molar-refractivity contribution in [1.29, 1.82) is 0 Å². The number of halogens is 4. The number of alkyl halides is 3. The van der Waals surface area contributed by atoms with Gasteiger partial charge in [-0.15, -0.1) is 0 Å². The zero-order chi connectivity index (χ0) is 13.3. The van der Waals surface area contributed by atoms with E-state index in [9.17, 15) is 13.2 Å². The summed E-state index contributed by atoms with van der Waals surface area (Å²) >= 11 is 5.56. The van der Waals surface area contributed by atoms with Crippen molar-refractivity contribution >= 4 is 17.5 Å². The fourth-order valence-electron chi connectivity index (χ4n) is 1.46. The van der Waals surface area contributed by atoms with Crippen molar-refractivity contribution in [1.82, 2.24) is 9.97 Å². The molecule has 0 spiro atoms. The zero-order valence-corrected chi connectivity index (χ0v) is 9.70. The summed E-state index contributed by atoms with van der Waals surface area (Å²) in [6.45, 7) is -0.00303. The second-order valence-corrected chi connectivity index (χ2v) is 4.15. The van der Waals surface area contributed by atoms with Crippen LogP contribution in [-0.2, 0) is 4.74 Å². The van der Waals surface area contributed by atoms with Gasteiger partial charge in [0.25, 0.3) is 0 Å². The van der Waals surface area contributed by atoms with Crippen molar-refractivity contribution in [2.24, 2.45) is 5.92 Å². The van der Waals surface area contributed by atoms with E-state index in [1.165, 1.54) is 0 Å². The second kappa shape index (κ2) is 4.77. The number of hydrogen-bond acceptors (Lipinski definition) is 5. The number of nitrogens with two attached hydrogens (primary N) is 1. The molecule has 2 heterocycles. The fraction of sp³-hybridized carbons (Fsp3) is 0.556. The van der Waals surface area contributed by atoms with E-state index in [1.807, 2.05) is 0 Å². The maximum absolute atomic E-state index is 12.8. The molecule has 9 heteroatoms. The molecule has 1 saturated heterocycles. The molecule has 5 nitrogen and oxygen atoms in total. The third kappa shape index (κ3) is 2.94. The molecule has 1 aliphatic rings. The van der Waals surface area contributed by atoms with E-state index in [0.717, 1.165) is 6.07 Å². The topological polar surface area (TPSA) is 70.3 Å². The second-order valence-electron chi connectivity index (χ2n) is 3.76. The van der Waals surface area contributed by atoms with Gasteiger partial charge in [0.15, 0.2) is 0 Å². The van der Waals surface area contributed by atoms with Crippen molar-refractivity contribution in [2.75, 3.05) is 18.9 Å². The number of nitrogens with zero attached hydrogens (tertiary/aromatic N) is 2. The maximum atomic E-state index is 12.8. The van der Waals surface area contributed by atoms with E-state index in [4.69, 9.17) is 26.8 Å². The van der Waals surface area contributed by atoms with Crippen LogP contribution in [0.25, 0.3) is 0 Å². The predicted octanol–water partition coefficient (Wildman–Crippen LogP) is 1.67. The van der Waals surface area contributed by atoms with Gasteiger partial charge in [0.05, 0.1) is 19.1 Å². The van der Waals surface area contributed by atoms with Crippen molar-refractivity contribution in [3.8, 4) is 5.88 Å². The van der Waals surface area contributed by atoms with E-state index in [2.05, 4.69) is 9.97 Å². The van der Waals surface area contributed by atoms with Gasteiger partial charge in [0.1, 0.15) is 5.15 Å². The van der Waals surface area contributed by atoms with Gasteiger partial charge in [-0.3, -0.25) is 0 Å². The van der Waals surface area contributed by atoms with Crippen LogP contribution in [0.15, 0.2) is 6.07 Å². The Labute approximate surface area is 105 Å². The number of aromatic nitrogens is 2. The Morgan fingerprint density at radius 3 is 2.56 bits per heavy atom. The van der Waals surface area contributed by atoms with Crippen LogP contribution in [-0.4, -0.2) is 35.5 Å². The standard InChI is InChI=1S/C9H9ClF3N3O2/c10-5-1-6(16-8(14)15-5)18-7(9(11,12)13)4-2-17-3-4/h1,4,7H,2-3H2,(H2,14,15,16). The molecule has 0 bridgehead atoms. The molecule has 0 amide bonds. The summed E-state index contributed by atoms with van der Waals surface area (Å²) in [5, 5.41) is -0.0803. The SMILES string of the molecule is Nc1nc(Cl)cc(OC(C2COC2)C(F)(F)F)n1. The first-order valence-electron chi connectivity index (χ1n) is 4.97. The van der Waals surface area contributed by atoms with Crippen molar-refractivity contribution in [3.63, 3.8) is 0 Å². The molecule has 2 N–H and O–H groups in total. The van der Waals surface area contributed by atoms with Gasteiger partial charge in [-0.2, -0.15) is 18.2 Å². The van der Waals surface area contributed by atoms with Crippen molar-refractivity contribution in [3.05, 3.63) is 11.2 Å². The minimum Gasteiger partial charge on any atom is -0.464 e. The quantitative estimate of drug-likeness (QED) is 0.855. The van der Waals surface area contributed by atoms with E-state index >= 15 is 0 Å². The molecule has 1 atom stereocenters. The lowest BCUT2D eigenvalue weighted by atomic mass is 10.0. The van der Waals surface area contributed by atoms with Gasteiger partial charge in [-0.25, -0.2) is 4.98 Å². The van der Waals surface area contributed by atoms with Crippen LogP contribution < -0.4 is 10.5 Å². The monoisotopic (exact) mass is 283 g/mol. The molecule has 2 rings (SSSR count). The van der Waals surface area contributed by atoms with Crippen molar-refractivity contribution in [2.45, 2.75) is 12.3 Å². The highest BCUT2D eigenvalue weighted by Gasteiger charge is 2.49. The Morgan fingerprint density at radius 1 is 1.44 bits per heavy atom. The average molecular weight is 284 g/mol. The summed E-state index contributed by atoms with van der Waals surface area (Å²) in [6.07, 6.45) is -6.50. The van der Waals surface area contributed by atoms with Crippen LogP contribution in [0.2, 0.25) is 5.15 Å². The molecule has 1 aliphatic heterocycles. The van der Waals surface area contributed by atoms with Gasteiger partial charge >= 0.3 is 6.18 Å². The number of anilines is 1. The van der Waals surface area contributed by atoms with Crippen LogP contribution in [0, 0.1) is 5.92 Å². The Kier molecular flexibility index (Phi) is 3.49. The fourth-order valence-corrected chi connectivity index (χ4v) is 1.64. The third-order valence-electron chi connectivity index (χ3n) is 2.35. The predicted molar refractivity (Wildman–Crippen MR) is 56.2 cm³/mol. The molecule has 100 valence electrons. The minimum atomic E-state index is -4.51. The Balaban J connectivity index is 2.17. The van der Waals surface area contributed by atoms with Crippen LogP contribution in [0.1, 0.15) is 0 Å². The van der Waals surface area contributed by atoms with E-state index in [0.29, 0.717) is 0 Å². The Morgan fingerprint density at radius 2 is 2.11 bits per heavy atom. The number of nitrogen functional groups attached to an aromatic ring is 1. The van der Waals surface area contributed by atoms with Crippen LogP contribution in [0.3, 0.4) is 0 Å². The van der Waals surface area contributed by atoms with Gasteiger partial charge in [-0.1, -0.05) is 11.6 Å². The first kappa shape index (κ1) is 13.2. The lowest BCUT2D eigenvalue weighted by Crippen LogP contribution is -2.49. The average Bonchev–Trinajstić information content (AvgIpc) is 2.10. The molecule has 0 radical (unpaired) electrons. The highest BCUT2D eigenvalue weighted by Crippen LogP contribution is 2.33. The molecule has 18 heavy (non-hydrogen) atoms. The first-order valence-corrected chi connectivity index (χ1v) is 5.35. The molecule has 1 aromatic heterocycles. The zero-order valence-electron chi connectivity index (χ0n) is 8.95.